The van der Waals surface area contributed by atoms with Crippen molar-refractivity contribution in [3.05, 3.63) is 36.4 Å². The molecule has 0 saturated carbocycles. The Labute approximate surface area is 213 Å². The third-order valence-electron chi connectivity index (χ3n) is 5.72. The number of aliphatic hydroxyl groups excluding tert-OH is 1. The van der Waals surface area contributed by atoms with Crippen molar-refractivity contribution in [3.63, 3.8) is 0 Å². The highest BCUT2D eigenvalue weighted by Crippen LogP contribution is 2.38. The molecule has 36 heavy (non-hydrogen) atoms. The Morgan fingerprint density at radius 2 is 1.47 bits per heavy atom. The molecule has 0 amide bonds. The number of rotatable bonds is 10. The van der Waals surface area contributed by atoms with Crippen molar-refractivity contribution in [2.75, 3.05) is 33.5 Å². The number of ether oxygens (including phenoxy) is 3. The van der Waals surface area contributed by atoms with Gasteiger partial charge in [0, 0.05) is 36.9 Å². The van der Waals surface area contributed by atoms with E-state index in [0.717, 1.165) is 12.8 Å². The first-order valence-corrected chi connectivity index (χ1v) is 11.8. The van der Waals surface area contributed by atoms with E-state index in [0.29, 0.717) is 36.8 Å². The fourth-order valence-corrected chi connectivity index (χ4v) is 4.11. The maximum atomic E-state index is 10.6. The van der Waals surface area contributed by atoms with Crippen LogP contribution in [0.25, 0.3) is 0 Å². The molecule has 200 valence electrons. The van der Waals surface area contributed by atoms with E-state index in [1.54, 1.807) is 7.11 Å². The Balaban J connectivity index is 0.000000697. The summed E-state index contributed by atoms with van der Waals surface area (Å²) < 4.78 is 16.5. The second-order valence-electron chi connectivity index (χ2n) is 9.59. The standard InChI is InChI=1S/C23H35NO4.C4H4O4/c1-22(2)13-10-14-23(3,4)24(22)17-19(25)18-28-21-12-7-6-11-20(21)27-16-9-8-15-26-5;5-3(6)1-2-4(7)8/h6-7,11-12,19,25H,10,13-18H2,1-5H3;1-2H,(H,5,6)(H,7,8)/b;2-1+. The van der Waals surface area contributed by atoms with Crippen LogP contribution in [0.1, 0.15) is 47.0 Å². The SMILES string of the molecule is COCC#CCOc1ccccc1OCC(O)CN1C(C)(C)CCCC1(C)C.O=C(O)/C=C/C(=O)O. The maximum Gasteiger partial charge on any atom is 0.328 e. The van der Waals surface area contributed by atoms with Crippen molar-refractivity contribution in [1.82, 2.24) is 4.90 Å². The Morgan fingerprint density at radius 3 is 1.97 bits per heavy atom. The van der Waals surface area contributed by atoms with Crippen molar-refractivity contribution >= 4 is 11.9 Å². The van der Waals surface area contributed by atoms with Gasteiger partial charge in [-0.15, -0.1) is 0 Å². The van der Waals surface area contributed by atoms with E-state index in [1.807, 2.05) is 24.3 Å². The van der Waals surface area contributed by atoms with Crippen LogP contribution < -0.4 is 9.47 Å². The summed E-state index contributed by atoms with van der Waals surface area (Å²) >= 11 is 0. The number of aliphatic carboxylic acids is 2. The van der Waals surface area contributed by atoms with Crippen LogP contribution in [0.4, 0.5) is 0 Å². The summed E-state index contributed by atoms with van der Waals surface area (Å²) in [5.74, 6) is 4.47. The van der Waals surface area contributed by atoms with Gasteiger partial charge in [0.2, 0.25) is 0 Å². The van der Waals surface area contributed by atoms with Gasteiger partial charge in [0.1, 0.15) is 25.9 Å². The highest BCUT2D eigenvalue weighted by atomic mass is 16.5. The molecule has 2 rings (SSSR count). The summed E-state index contributed by atoms with van der Waals surface area (Å²) in [5, 5.41) is 26.3. The van der Waals surface area contributed by atoms with E-state index in [2.05, 4.69) is 44.4 Å². The molecule has 1 aliphatic heterocycles. The summed E-state index contributed by atoms with van der Waals surface area (Å²) in [5.41, 5.74) is 0.148. The highest BCUT2D eigenvalue weighted by Gasteiger charge is 2.41. The van der Waals surface area contributed by atoms with Gasteiger partial charge in [0.25, 0.3) is 0 Å². The highest BCUT2D eigenvalue weighted by molar-refractivity contribution is 5.89. The Bertz CT molecular complexity index is 897. The molecule has 1 aliphatic rings. The molecule has 3 N–H and O–H groups in total. The molecule has 0 bridgehead atoms. The number of nitrogens with zero attached hydrogens (tertiary/aromatic N) is 1. The molecule has 1 fully saturated rings. The van der Waals surface area contributed by atoms with E-state index >= 15 is 0 Å². The lowest BCUT2D eigenvalue weighted by Crippen LogP contribution is -2.60. The molecule has 9 nitrogen and oxygen atoms in total. The Kier molecular flexibility index (Phi) is 13.0. The third kappa shape index (κ3) is 11.6. The fraction of sp³-hybridized carbons (Fsp3) is 0.556. The number of carbonyl (C=O) groups is 2. The van der Waals surface area contributed by atoms with Crippen LogP contribution >= 0.6 is 0 Å². The van der Waals surface area contributed by atoms with Crippen molar-refractivity contribution in [2.45, 2.75) is 64.1 Å². The lowest BCUT2D eigenvalue weighted by molar-refractivity contribution is -0.134. The molecule has 1 aromatic rings. The van der Waals surface area contributed by atoms with Crippen LogP contribution in [0.3, 0.4) is 0 Å². The minimum absolute atomic E-state index is 0.0740. The van der Waals surface area contributed by atoms with Gasteiger partial charge in [-0.25, -0.2) is 9.59 Å². The Hall–Kier alpha value is -3.06. The van der Waals surface area contributed by atoms with Gasteiger partial charge in [0.05, 0.1) is 0 Å². The minimum Gasteiger partial charge on any atom is -0.487 e. The number of carboxylic acids is 2. The first-order chi connectivity index (χ1) is 16.9. The van der Waals surface area contributed by atoms with E-state index in [1.165, 1.54) is 6.42 Å². The second-order valence-corrected chi connectivity index (χ2v) is 9.59. The van der Waals surface area contributed by atoms with Gasteiger partial charge >= 0.3 is 11.9 Å². The first-order valence-electron chi connectivity index (χ1n) is 11.8. The average Bonchev–Trinajstić information content (AvgIpc) is 2.79. The molecule has 0 spiro atoms. The lowest BCUT2D eigenvalue weighted by atomic mass is 9.79. The van der Waals surface area contributed by atoms with Gasteiger partial charge in [-0.3, -0.25) is 4.90 Å². The zero-order valence-corrected chi connectivity index (χ0v) is 21.8. The normalized spacial score (nSPS) is 17.2. The number of carboxylic acid groups (broad SMARTS) is 2. The van der Waals surface area contributed by atoms with Crippen molar-refractivity contribution in [1.29, 1.82) is 0 Å². The number of hydrogen-bond donors (Lipinski definition) is 3. The molecule has 1 saturated heterocycles. The molecule has 1 atom stereocenters. The smallest absolute Gasteiger partial charge is 0.328 e. The van der Waals surface area contributed by atoms with Gasteiger partial charge < -0.3 is 29.5 Å². The molecule has 9 heteroatoms. The number of aliphatic hydroxyl groups is 1. The summed E-state index contributed by atoms with van der Waals surface area (Å²) in [7, 11) is 1.61. The molecule has 0 radical (unpaired) electrons. The summed E-state index contributed by atoms with van der Waals surface area (Å²) in [6.45, 7) is 10.5. The summed E-state index contributed by atoms with van der Waals surface area (Å²) in [4.78, 5) is 21.5. The largest absolute Gasteiger partial charge is 0.487 e. The van der Waals surface area contributed by atoms with Gasteiger partial charge in [-0.2, -0.15) is 0 Å². The molecule has 0 aromatic heterocycles. The van der Waals surface area contributed by atoms with Crippen LogP contribution in [0.15, 0.2) is 36.4 Å². The minimum atomic E-state index is -1.26. The maximum absolute atomic E-state index is 10.6. The number of β-amino-alcohol motifs (C(OH)–C–C–N with tert-alkyl or cyclic N) is 1. The van der Waals surface area contributed by atoms with E-state index in [9.17, 15) is 14.7 Å². The monoisotopic (exact) mass is 505 g/mol. The predicted molar refractivity (Wildman–Crippen MR) is 136 cm³/mol. The molecular formula is C27H39NO8. The van der Waals surface area contributed by atoms with Gasteiger partial charge in [0.15, 0.2) is 11.5 Å². The molecule has 1 aromatic carbocycles. The molecule has 1 heterocycles. The van der Waals surface area contributed by atoms with Crippen molar-refractivity contribution in [3.8, 4) is 23.3 Å². The van der Waals surface area contributed by atoms with Crippen molar-refractivity contribution < 1.29 is 39.1 Å². The van der Waals surface area contributed by atoms with Crippen molar-refractivity contribution in [2.24, 2.45) is 0 Å². The number of piperidine rings is 1. The molecule has 0 aliphatic carbocycles. The molecular weight excluding hydrogens is 466 g/mol. The van der Waals surface area contributed by atoms with E-state index in [4.69, 9.17) is 24.4 Å². The van der Waals surface area contributed by atoms with Gasteiger partial charge in [-0.1, -0.05) is 24.0 Å². The van der Waals surface area contributed by atoms with Gasteiger partial charge in [-0.05, 0) is 59.1 Å². The molecule has 1 unspecified atom stereocenters. The van der Waals surface area contributed by atoms with Crippen LogP contribution in [0, 0.1) is 11.8 Å². The Morgan fingerprint density at radius 1 is 0.972 bits per heavy atom. The van der Waals surface area contributed by atoms with Crippen LogP contribution in [0.2, 0.25) is 0 Å². The number of para-hydroxylation sites is 2. The van der Waals surface area contributed by atoms with E-state index < -0.39 is 18.0 Å². The number of likely N-dealkylation sites (tertiary alicyclic amines) is 1. The summed E-state index contributed by atoms with van der Waals surface area (Å²) in [6, 6.07) is 7.47. The van der Waals surface area contributed by atoms with E-state index in [-0.39, 0.29) is 24.3 Å². The summed E-state index contributed by atoms with van der Waals surface area (Å²) in [6.07, 6.45) is 4.05. The fourth-order valence-electron chi connectivity index (χ4n) is 4.11. The predicted octanol–water partition coefficient (Wildman–Crippen LogP) is 3.21. The van der Waals surface area contributed by atoms with Crippen LogP contribution in [-0.2, 0) is 14.3 Å². The number of hydrogen-bond acceptors (Lipinski definition) is 7. The second kappa shape index (κ2) is 15.1. The first kappa shape index (κ1) is 31.0. The number of benzene rings is 1. The van der Waals surface area contributed by atoms with Crippen LogP contribution in [-0.4, -0.2) is 82.8 Å². The lowest BCUT2D eigenvalue weighted by Gasteiger charge is -2.53. The van der Waals surface area contributed by atoms with Crippen LogP contribution in [0.5, 0.6) is 11.5 Å². The number of methoxy groups -OCH3 is 1. The third-order valence-corrected chi connectivity index (χ3v) is 5.72. The zero-order chi connectivity index (χ0) is 27.2. The quantitative estimate of drug-likeness (QED) is 0.325. The zero-order valence-electron chi connectivity index (χ0n) is 21.8. The topological polar surface area (TPSA) is 126 Å². The average molecular weight is 506 g/mol.